The molecule has 0 bridgehead atoms. The number of rotatable bonds is 2. The predicted molar refractivity (Wildman–Crippen MR) is 80.9 cm³/mol. The lowest BCUT2D eigenvalue weighted by atomic mass is 9.86. The Balaban J connectivity index is 1.68. The summed E-state index contributed by atoms with van der Waals surface area (Å²) in [4.78, 5) is 17.1. The summed E-state index contributed by atoms with van der Waals surface area (Å²) in [7, 11) is 0. The van der Waals surface area contributed by atoms with E-state index in [0.29, 0.717) is 5.41 Å². The summed E-state index contributed by atoms with van der Waals surface area (Å²) >= 11 is 0. The quantitative estimate of drug-likeness (QED) is 0.826. The molecule has 1 amide bonds. The Morgan fingerprint density at radius 1 is 1.15 bits per heavy atom. The van der Waals surface area contributed by atoms with E-state index < -0.39 is 0 Å². The van der Waals surface area contributed by atoms with E-state index in [0.717, 1.165) is 25.2 Å². The molecule has 2 fully saturated rings. The van der Waals surface area contributed by atoms with Crippen LogP contribution in [-0.2, 0) is 0 Å². The third-order valence-corrected chi connectivity index (χ3v) is 4.99. The minimum Gasteiger partial charge on any atom is -0.338 e. The van der Waals surface area contributed by atoms with E-state index in [9.17, 15) is 4.79 Å². The molecule has 0 radical (unpaired) electrons. The van der Waals surface area contributed by atoms with Crippen LogP contribution < -0.4 is 0 Å². The number of aryl methyl sites for hydroxylation is 1. The molecule has 1 spiro atoms. The zero-order valence-corrected chi connectivity index (χ0v) is 12.6. The van der Waals surface area contributed by atoms with Crippen molar-refractivity contribution in [1.29, 1.82) is 0 Å². The van der Waals surface area contributed by atoms with Crippen LogP contribution in [0.5, 0.6) is 0 Å². The van der Waals surface area contributed by atoms with Crippen molar-refractivity contribution in [2.75, 3.05) is 32.7 Å². The van der Waals surface area contributed by atoms with Crippen LogP contribution in [0.25, 0.3) is 0 Å². The third kappa shape index (κ3) is 2.47. The molecule has 0 aliphatic carbocycles. The van der Waals surface area contributed by atoms with E-state index in [1.165, 1.54) is 31.5 Å². The average Bonchev–Trinajstić information content (AvgIpc) is 3.07. The van der Waals surface area contributed by atoms with Crippen LogP contribution in [0.2, 0.25) is 0 Å². The lowest BCUT2D eigenvalue weighted by molar-refractivity contribution is 0.0773. The molecule has 1 aromatic rings. The van der Waals surface area contributed by atoms with Gasteiger partial charge >= 0.3 is 0 Å². The molecule has 2 saturated heterocycles. The number of carbonyl (C=O) groups is 1. The van der Waals surface area contributed by atoms with Crippen molar-refractivity contribution in [2.45, 2.75) is 26.7 Å². The number of hydrogen-bond acceptors (Lipinski definition) is 2. The highest BCUT2D eigenvalue weighted by Crippen LogP contribution is 2.39. The minimum absolute atomic E-state index is 0.205. The van der Waals surface area contributed by atoms with Crippen molar-refractivity contribution in [3.63, 3.8) is 0 Å². The van der Waals surface area contributed by atoms with Gasteiger partial charge in [-0.15, -0.1) is 0 Å². The van der Waals surface area contributed by atoms with Gasteiger partial charge in [-0.25, -0.2) is 0 Å². The molecule has 20 heavy (non-hydrogen) atoms. The lowest BCUT2D eigenvalue weighted by Gasteiger charge is -2.24. The van der Waals surface area contributed by atoms with Gasteiger partial charge in [0.2, 0.25) is 0 Å². The molecular formula is C17H24N2O. The molecular weight excluding hydrogens is 248 g/mol. The highest BCUT2D eigenvalue weighted by atomic mass is 16.2. The second-order valence-corrected chi connectivity index (χ2v) is 6.46. The SMILES string of the molecule is CCN1CCC2(CCN(C(=O)c3ccc(C)cc3)C2)C1. The van der Waals surface area contributed by atoms with Crippen molar-refractivity contribution in [3.05, 3.63) is 35.4 Å². The smallest absolute Gasteiger partial charge is 0.253 e. The van der Waals surface area contributed by atoms with E-state index in [1.807, 2.05) is 24.3 Å². The molecule has 2 heterocycles. The summed E-state index contributed by atoms with van der Waals surface area (Å²) in [6.45, 7) is 9.64. The van der Waals surface area contributed by atoms with Gasteiger partial charge in [-0.3, -0.25) is 4.79 Å². The van der Waals surface area contributed by atoms with Crippen LogP contribution in [0.1, 0.15) is 35.7 Å². The van der Waals surface area contributed by atoms with Gasteiger partial charge in [-0.1, -0.05) is 24.6 Å². The number of hydrogen-bond donors (Lipinski definition) is 0. The molecule has 3 heteroatoms. The summed E-state index contributed by atoms with van der Waals surface area (Å²) in [5.41, 5.74) is 2.41. The van der Waals surface area contributed by atoms with Crippen LogP contribution in [0.3, 0.4) is 0 Å². The van der Waals surface area contributed by atoms with Crippen LogP contribution in [0, 0.1) is 12.3 Å². The van der Waals surface area contributed by atoms with Crippen molar-refractivity contribution in [1.82, 2.24) is 9.80 Å². The molecule has 2 aliphatic rings. The maximum Gasteiger partial charge on any atom is 0.253 e. The Morgan fingerprint density at radius 2 is 1.85 bits per heavy atom. The van der Waals surface area contributed by atoms with Crippen LogP contribution in [0.15, 0.2) is 24.3 Å². The number of likely N-dealkylation sites (tertiary alicyclic amines) is 2. The standard InChI is InChI=1S/C17H24N2O/c1-3-18-10-8-17(12-18)9-11-19(13-17)16(20)15-6-4-14(2)5-7-15/h4-7H,3,8-13H2,1-2H3. The normalized spacial score (nSPS) is 26.6. The highest BCUT2D eigenvalue weighted by Gasteiger charge is 2.44. The fraction of sp³-hybridized carbons (Fsp3) is 0.588. The molecule has 1 unspecified atom stereocenters. The highest BCUT2D eigenvalue weighted by molar-refractivity contribution is 5.94. The van der Waals surface area contributed by atoms with Gasteiger partial charge in [0, 0.05) is 30.6 Å². The largest absolute Gasteiger partial charge is 0.338 e. The van der Waals surface area contributed by atoms with Crippen molar-refractivity contribution in [2.24, 2.45) is 5.41 Å². The molecule has 0 N–H and O–H groups in total. The topological polar surface area (TPSA) is 23.6 Å². The van der Waals surface area contributed by atoms with Gasteiger partial charge in [0.25, 0.3) is 5.91 Å². The zero-order chi connectivity index (χ0) is 14.2. The van der Waals surface area contributed by atoms with E-state index >= 15 is 0 Å². The number of amides is 1. The van der Waals surface area contributed by atoms with Gasteiger partial charge in [0.15, 0.2) is 0 Å². The molecule has 3 rings (SSSR count). The minimum atomic E-state index is 0.205. The molecule has 1 aromatic carbocycles. The first-order valence-corrected chi connectivity index (χ1v) is 7.70. The Labute approximate surface area is 121 Å². The third-order valence-electron chi connectivity index (χ3n) is 4.99. The molecule has 2 aliphatic heterocycles. The van der Waals surface area contributed by atoms with Gasteiger partial charge in [0.05, 0.1) is 0 Å². The fourth-order valence-corrected chi connectivity index (χ4v) is 3.62. The molecule has 1 atom stereocenters. The van der Waals surface area contributed by atoms with Crippen molar-refractivity contribution >= 4 is 5.91 Å². The van der Waals surface area contributed by atoms with Crippen molar-refractivity contribution in [3.8, 4) is 0 Å². The predicted octanol–water partition coefficient (Wildman–Crippen LogP) is 2.55. The Morgan fingerprint density at radius 3 is 2.50 bits per heavy atom. The second-order valence-electron chi connectivity index (χ2n) is 6.46. The van der Waals surface area contributed by atoms with E-state index in [1.54, 1.807) is 0 Å². The van der Waals surface area contributed by atoms with E-state index in [-0.39, 0.29) is 5.91 Å². The maximum absolute atomic E-state index is 12.6. The molecule has 0 aromatic heterocycles. The van der Waals surface area contributed by atoms with Gasteiger partial charge in [0.1, 0.15) is 0 Å². The first kappa shape index (κ1) is 13.6. The van der Waals surface area contributed by atoms with E-state index in [4.69, 9.17) is 0 Å². The Kier molecular flexibility index (Phi) is 3.55. The summed E-state index contributed by atoms with van der Waals surface area (Å²) < 4.78 is 0. The monoisotopic (exact) mass is 272 g/mol. The first-order chi connectivity index (χ1) is 9.62. The van der Waals surface area contributed by atoms with Gasteiger partial charge in [-0.05, 0) is 45.0 Å². The van der Waals surface area contributed by atoms with Gasteiger partial charge < -0.3 is 9.80 Å². The Hall–Kier alpha value is -1.35. The number of carbonyl (C=O) groups excluding carboxylic acids is 1. The second kappa shape index (κ2) is 5.21. The lowest BCUT2D eigenvalue weighted by Crippen LogP contribution is -2.34. The van der Waals surface area contributed by atoms with Crippen molar-refractivity contribution < 1.29 is 4.79 Å². The molecule has 3 nitrogen and oxygen atoms in total. The molecule has 0 saturated carbocycles. The summed E-state index contributed by atoms with van der Waals surface area (Å²) in [6.07, 6.45) is 2.42. The Bertz CT molecular complexity index is 496. The maximum atomic E-state index is 12.6. The first-order valence-electron chi connectivity index (χ1n) is 7.70. The number of nitrogens with zero attached hydrogens (tertiary/aromatic N) is 2. The fourth-order valence-electron chi connectivity index (χ4n) is 3.62. The van der Waals surface area contributed by atoms with Gasteiger partial charge in [-0.2, -0.15) is 0 Å². The summed E-state index contributed by atoms with van der Waals surface area (Å²) in [6, 6.07) is 7.95. The van der Waals surface area contributed by atoms with E-state index in [2.05, 4.69) is 23.6 Å². The zero-order valence-electron chi connectivity index (χ0n) is 12.6. The summed E-state index contributed by atoms with van der Waals surface area (Å²) in [5.74, 6) is 0.205. The van der Waals surface area contributed by atoms with Crippen LogP contribution in [-0.4, -0.2) is 48.4 Å². The average molecular weight is 272 g/mol. The molecule has 108 valence electrons. The van der Waals surface area contributed by atoms with Crippen LogP contribution >= 0.6 is 0 Å². The van der Waals surface area contributed by atoms with Crippen LogP contribution in [0.4, 0.5) is 0 Å². The number of benzene rings is 1. The summed E-state index contributed by atoms with van der Waals surface area (Å²) in [5, 5.41) is 0.